The van der Waals surface area contributed by atoms with Crippen molar-refractivity contribution in [2.45, 2.75) is 52.7 Å². The second kappa shape index (κ2) is 9.36. The molecule has 8 nitrogen and oxygen atoms in total. The Bertz CT molecular complexity index is 1500. The van der Waals surface area contributed by atoms with Crippen LogP contribution in [0.1, 0.15) is 44.6 Å². The molecule has 0 bridgehead atoms. The molecule has 2 aliphatic heterocycles. The number of nitrogens with zero attached hydrogens (tertiary/aromatic N) is 6. The molecule has 2 fully saturated rings. The molecule has 4 aromatic rings. The molecule has 6 rings (SSSR count). The van der Waals surface area contributed by atoms with Crippen molar-refractivity contribution in [3.63, 3.8) is 0 Å². The molecular weight excluding hydrogens is 486 g/mol. The topological polar surface area (TPSA) is 83.8 Å². The number of aryl methyl sites for hydroxylation is 1. The first-order chi connectivity index (χ1) is 18.2. The molecule has 0 amide bonds. The zero-order valence-electron chi connectivity index (χ0n) is 22.1. The lowest BCUT2D eigenvalue weighted by Gasteiger charge is -2.58. The molecule has 2 N–H and O–H groups in total. The molecule has 2 aliphatic rings. The van der Waals surface area contributed by atoms with Crippen LogP contribution in [0.3, 0.4) is 0 Å². The number of imidazole rings is 1. The smallest absolute Gasteiger partial charge is 0.228 e. The molecule has 5 heterocycles. The zero-order chi connectivity index (χ0) is 26.6. The summed E-state index contributed by atoms with van der Waals surface area (Å²) in [6, 6.07) is 5.26. The predicted octanol–water partition coefficient (Wildman–Crippen LogP) is 4.98. The highest BCUT2D eigenvalue weighted by molar-refractivity contribution is 5.84. The van der Waals surface area contributed by atoms with E-state index in [0.29, 0.717) is 40.1 Å². The summed E-state index contributed by atoms with van der Waals surface area (Å²) < 4.78 is 31.8. The van der Waals surface area contributed by atoms with Crippen molar-refractivity contribution in [1.29, 1.82) is 0 Å². The van der Waals surface area contributed by atoms with Crippen LogP contribution in [0, 0.1) is 24.0 Å². The van der Waals surface area contributed by atoms with E-state index in [-0.39, 0.29) is 17.1 Å². The van der Waals surface area contributed by atoms with Crippen molar-refractivity contribution in [3.8, 4) is 11.1 Å². The summed E-state index contributed by atoms with van der Waals surface area (Å²) in [4.78, 5) is 19.9. The first kappa shape index (κ1) is 24.8. The minimum absolute atomic E-state index is 0.0826. The van der Waals surface area contributed by atoms with Gasteiger partial charge in [0.1, 0.15) is 23.0 Å². The number of fused-ring (bicyclic) bond motifs is 2. The monoisotopic (exact) mass is 518 g/mol. The van der Waals surface area contributed by atoms with Crippen molar-refractivity contribution < 1.29 is 8.78 Å². The van der Waals surface area contributed by atoms with E-state index in [9.17, 15) is 8.78 Å². The largest absolute Gasteiger partial charge is 0.326 e. The molecule has 10 heteroatoms. The number of pyridine rings is 1. The van der Waals surface area contributed by atoms with Crippen LogP contribution in [0.15, 0.2) is 36.8 Å². The van der Waals surface area contributed by atoms with Gasteiger partial charge in [-0.25, -0.2) is 28.7 Å². The molecule has 0 aliphatic carbocycles. The highest BCUT2D eigenvalue weighted by atomic mass is 19.1. The number of nitrogens with one attached hydrogen (secondary N) is 2. The molecule has 0 radical (unpaired) electrons. The maximum atomic E-state index is 15.0. The number of benzene rings is 1. The fraction of sp³-hybridized carbons (Fsp3) is 0.429. The fourth-order valence-electron chi connectivity index (χ4n) is 6.06. The van der Waals surface area contributed by atoms with Crippen molar-refractivity contribution in [2.24, 2.45) is 5.41 Å². The number of hydrogen-bond donors (Lipinski definition) is 2. The minimum atomic E-state index is -0.545. The fourth-order valence-corrected chi connectivity index (χ4v) is 6.06. The Hall–Kier alpha value is -3.50. The van der Waals surface area contributed by atoms with Gasteiger partial charge in [0.15, 0.2) is 5.82 Å². The number of hydrogen-bond acceptors (Lipinski definition) is 7. The molecule has 2 saturated heterocycles. The Kier molecular flexibility index (Phi) is 6.11. The number of rotatable bonds is 6. The van der Waals surface area contributed by atoms with Crippen molar-refractivity contribution in [2.75, 3.05) is 25.0 Å². The molecule has 3 aromatic heterocycles. The van der Waals surface area contributed by atoms with Gasteiger partial charge in [0.2, 0.25) is 5.95 Å². The van der Waals surface area contributed by atoms with Gasteiger partial charge in [0.05, 0.1) is 11.7 Å². The molecule has 1 aromatic carbocycles. The Morgan fingerprint density at radius 3 is 2.63 bits per heavy atom. The van der Waals surface area contributed by atoms with Crippen LogP contribution in [0.4, 0.5) is 20.5 Å². The third-order valence-electron chi connectivity index (χ3n) is 7.96. The summed E-state index contributed by atoms with van der Waals surface area (Å²) in [5, 5.41) is 6.54. The van der Waals surface area contributed by atoms with Crippen LogP contribution in [-0.4, -0.2) is 55.1 Å². The maximum absolute atomic E-state index is 15.0. The van der Waals surface area contributed by atoms with Crippen molar-refractivity contribution in [3.05, 3.63) is 59.8 Å². The quantitative estimate of drug-likeness (QED) is 0.372. The zero-order valence-corrected chi connectivity index (χ0v) is 22.1. The van der Waals surface area contributed by atoms with Crippen LogP contribution in [0.2, 0.25) is 0 Å². The standard InChI is InChI=1S/C28H32F2N8/c1-16(2)38-17(3)35-26-21(29)7-19(8-23(26)38)20-9-25(32-12-22(20)30)36-27-33-10-18(11-34-27)14-37-15-28(4)5-6-31-13-24(28)37/h7-12,16,24,31H,5-6,13-15H2,1-4H3,(H,32,33,34,36)/t24-,28-/m0/s1. The Balaban J connectivity index is 1.21. The SMILES string of the molecule is Cc1nc2c(F)cc(-c3cc(Nc4ncc(CN5C[C@]6(C)CCNC[C@H]56)cn4)ncc3F)cc2n1C(C)C. The molecule has 0 spiro atoms. The lowest BCUT2D eigenvalue weighted by molar-refractivity contribution is -0.0862. The summed E-state index contributed by atoms with van der Waals surface area (Å²) >= 11 is 0. The highest BCUT2D eigenvalue weighted by Gasteiger charge is 2.49. The van der Waals surface area contributed by atoms with Gasteiger partial charge in [-0.1, -0.05) is 6.92 Å². The number of halogens is 2. The first-order valence-electron chi connectivity index (χ1n) is 13.1. The summed E-state index contributed by atoms with van der Waals surface area (Å²) in [7, 11) is 0. The third-order valence-corrected chi connectivity index (χ3v) is 7.96. The van der Waals surface area contributed by atoms with Gasteiger partial charge >= 0.3 is 0 Å². The van der Waals surface area contributed by atoms with E-state index < -0.39 is 11.6 Å². The van der Waals surface area contributed by atoms with Crippen molar-refractivity contribution in [1.82, 2.24) is 34.7 Å². The number of anilines is 2. The molecular formula is C28H32F2N8. The van der Waals surface area contributed by atoms with Gasteiger partial charge in [-0.15, -0.1) is 0 Å². The molecule has 0 unspecified atom stereocenters. The second-order valence-corrected chi connectivity index (χ2v) is 11.1. The molecule has 2 atom stereocenters. The van der Waals surface area contributed by atoms with E-state index in [1.165, 1.54) is 12.5 Å². The van der Waals surface area contributed by atoms with E-state index in [1.54, 1.807) is 12.1 Å². The minimum Gasteiger partial charge on any atom is -0.326 e. The molecule has 0 saturated carbocycles. The Morgan fingerprint density at radius 2 is 1.89 bits per heavy atom. The summed E-state index contributed by atoms with van der Waals surface area (Å²) in [6.45, 7) is 12.2. The van der Waals surface area contributed by atoms with Crippen LogP contribution in [-0.2, 0) is 6.54 Å². The number of likely N-dealkylation sites (tertiary alicyclic amines) is 1. The lowest BCUT2D eigenvalue weighted by Crippen LogP contribution is -2.69. The van der Waals surface area contributed by atoms with Gasteiger partial charge in [0, 0.05) is 55.2 Å². The van der Waals surface area contributed by atoms with Crippen LogP contribution >= 0.6 is 0 Å². The average molecular weight is 519 g/mol. The summed E-state index contributed by atoms with van der Waals surface area (Å²) in [6.07, 6.45) is 5.95. The van der Waals surface area contributed by atoms with E-state index in [2.05, 4.69) is 42.4 Å². The van der Waals surface area contributed by atoms with Crippen molar-refractivity contribution >= 4 is 22.8 Å². The van der Waals surface area contributed by atoms with E-state index in [4.69, 9.17) is 0 Å². The molecule has 198 valence electrons. The summed E-state index contributed by atoms with van der Waals surface area (Å²) in [5.74, 6) is 0.410. The van der Waals surface area contributed by atoms with Crippen LogP contribution < -0.4 is 10.6 Å². The van der Waals surface area contributed by atoms with Gasteiger partial charge in [-0.2, -0.15) is 0 Å². The first-order valence-corrected chi connectivity index (χ1v) is 13.1. The Morgan fingerprint density at radius 1 is 1.11 bits per heavy atom. The molecule has 38 heavy (non-hydrogen) atoms. The van der Waals surface area contributed by atoms with Gasteiger partial charge in [-0.05, 0) is 62.9 Å². The van der Waals surface area contributed by atoms with Crippen LogP contribution in [0.25, 0.3) is 22.2 Å². The van der Waals surface area contributed by atoms with Crippen LogP contribution in [0.5, 0.6) is 0 Å². The lowest BCUT2D eigenvalue weighted by atomic mass is 9.69. The predicted molar refractivity (Wildman–Crippen MR) is 143 cm³/mol. The van der Waals surface area contributed by atoms with E-state index in [0.717, 1.165) is 37.9 Å². The highest BCUT2D eigenvalue weighted by Crippen LogP contribution is 2.42. The van der Waals surface area contributed by atoms with E-state index >= 15 is 0 Å². The number of aromatic nitrogens is 5. The Labute approximate surface area is 220 Å². The normalized spacial score (nSPS) is 21.5. The third kappa shape index (κ3) is 4.31. The van der Waals surface area contributed by atoms with Gasteiger partial charge < -0.3 is 15.2 Å². The average Bonchev–Trinajstić information content (AvgIpc) is 3.22. The van der Waals surface area contributed by atoms with E-state index in [1.807, 2.05) is 37.7 Å². The summed E-state index contributed by atoms with van der Waals surface area (Å²) in [5.41, 5.74) is 3.00. The number of piperidine rings is 1. The van der Waals surface area contributed by atoms with Gasteiger partial charge in [0.25, 0.3) is 0 Å². The second-order valence-electron chi connectivity index (χ2n) is 11.1. The van der Waals surface area contributed by atoms with Gasteiger partial charge in [-0.3, -0.25) is 4.90 Å². The maximum Gasteiger partial charge on any atom is 0.228 e.